The Hall–Kier alpha value is -2.52. The average Bonchev–Trinajstić information content (AvgIpc) is 3.18. The Morgan fingerprint density at radius 3 is 2.32 bits per heavy atom. The van der Waals surface area contributed by atoms with E-state index in [2.05, 4.69) is 0 Å². The number of primary amides is 1. The number of nitrogens with zero attached hydrogens (tertiary/aromatic N) is 2. The topological polar surface area (TPSA) is 75.9 Å². The molecule has 2 N–H and O–H groups in total. The Bertz CT molecular complexity index is 860. The first-order chi connectivity index (χ1) is 14.6. The maximum absolute atomic E-state index is 14.0. The van der Waals surface area contributed by atoms with Crippen LogP contribution in [-0.2, 0) is 11.0 Å². The summed E-state index contributed by atoms with van der Waals surface area (Å²) in [5.74, 6) is -1.84. The van der Waals surface area contributed by atoms with Gasteiger partial charge in [-0.1, -0.05) is 0 Å². The van der Waals surface area contributed by atoms with E-state index < -0.39 is 17.6 Å². The Labute approximate surface area is 177 Å². The number of amides is 3. The van der Waals surface area contributed by atoms with Crippen LogP contribution >= 0.6 is 0 Å². The number of carbonyl (C=O) groups is 2. The zero-order chi connectivity index (χ0) is 22.4. The molecule has 3 fully saturated rings. The lowest BCUT2D eigenvalue weighted by atomic mass is 9.68. The Balaban J connectivity index is 1.26. The minimum Gasteiger partial charge on any atom is -0.487 e. The SMILES string of the molecule is NC(=O)[C@H]1CCN(C(=O)N2CC3(CCC(Oc4ccc(C(F)(F)F)cc4F)CC3)C2)C1. The van der Waals surface area contributed by atoms with Gasteiger partial charge in [0.1, 0.15) is 0 Å². The number of urea groups is 1. The normalized spacial score (nSPS) is 23.7. The molecule has 6 nitrogen and oxygen atoms in total. The highest BCUT2D eigenvalue weighted by Crippen LogP contribution is 2.45. The number of carbonyl (C=O) groups excluding carboxylic acids is 2. The van der Waals surface area contributed by atoms with Gasteiger partial charge in [0.05, 0.1) is 17.6 Å². The molecule has 31 heavy (non-hydrogen) atoms. The van der Waals surface area contributed by atoms with Crippen LogP contribution in [-0.4, -0.2) is 54.0 Å². The van der Waals surface area contributed by atoms with E-state index in [1.165, 1.54) is 0 Å². The van der Waals surface area contributed by atoms with Gasteiger partial charge in [-0.05, 0) is 50.3 Å². The summed E-state index contributed by atoms with van der Waals surface area (Å²) in [6, 6.07) is 2.23. The Kier molecular flexibility index (Phi) is 5.51. The quantitative estimate of drug-likeness (QED) is 0.728. The van der Waals surface area contributed by atoms with Gasteiger partial charge in [0.15, 0.2) is 11.6 Å². The van der Waals surface area contributed by atoms with Crippen LogP contribution in [0.2, 0.25) is 0 Å². The Morgan fingerprint density at radius 1 is 1.10 bits per heavy atom. The van der Waals surface area contributed by atoms with E-state index in [0.717, 1.165) is 25.0 Å². The van der Waals surface area contributed by atoms with Crippen LogP contribution in [0.3, 0.4) is 0 Å². The molecule has 1 saturated carbocycles. The van der Waals surface area contributed by atoms with Crippen molar-refractivity contribution in [3.05, 3.63) is 29.6 Å². The third-order valence-electron chi connectivity index (χ3n) is 6.73. The van der Waals surface area contributed by atoms with Crippen molar-refractivity contribution in [3.63, 3.8) is 0 Å². The molecule has 3 amide bonds. The molecular weight excluding hydrogens is 418 g/mol. The lowest BCUT2D eigenvalue weighted by molar-refractivity contribution is -0.137. The summed E-state index contributed by atoms with van der Waals surface area (Å²) in [4.78, 5) is 27.4. The van der Waals surface area contributed by atoms with E-state index in [1.54, 1.807) is 9.80 Å². The van der Waals surface area contributed by atoms with E-state index >= 15 is 0 Å². The van der Waals surface area contributed by atoms with Gasteiger partial charge in [-0.25, -0.2) is 9.18 Å². The van der Waals surface area contributed by atoms with E-state index in [1.807, 2.05) is 0 Å². The molecule has 3 aliphatic rings. The number of alkyl halides is 3. The van der Waals surface area contributed by atoms with Gasteiger partial charge in [-0.2, -0.15) is 13.2 Å². The lowest BCUT2D eigenvalue weighted by Crippen LogP contribution is -2.62. The number of hydrogen-bond acceptors (Lipinski definition) is 3. The van der Waals surface area contributed by atoms with Crippen LogP contribution in [0.15, 0.2) is 18.2 Å². The first kappa shape index (κ1) is 21.7. The molecular formula is C21H25F4N3O3. The van der Waals surface area contributed by atoms with Crippen molar-refractivity contribution in [2.24, 2.45) is 17.1 Å². The maximum Gasteiger partial charge on any atom is 0.416 e. The van der Waals surface area contributed by atoms with Crippen LogP contribution in [0, 0.1) is 17.2 Å². The second-order valence-corrected chi connectivity index (χ2v) is 8.93. The van der Waals surface area contributed by atoms with Gasteiger partial charge in [-0.15, -0.1) is 0 Å². The van der Waals surface area contributed by atoms with Crippen LogP contribution in [0.5, 0.6) is 5.75 Å². The molecule has 2 heterocycles. The predicted molar refractivity (Wildman–Crippen MR) is 103 cm³/mol. The molecule has 0 aromatic heterocycles. The van der Waals surface area contributed by atoms with Gasteiger partial charge in [0.2, 0.25) is 5.91 Å². The summed E-state index contributed by atoms with van der Waals surface area (Å²) in [7, 11) is 0. The van der Waals surface area contributed by atoms with Crippen molar-refractivity contribution in [2.45, 2.75) is 44.4 Å². The smallest absolute Gasteiger partial charge is 0.416 e. The van der Waals surface area contributed by atoms with Crippen molar-refractivity contribution >= 4 is 11.9 Å². The third-order valence-corrected chi connectivity index (χ3v) is 6.73. The van der Waals surface area contributed by atoms with Gasteiger partial charge in [0.25, 0.3) is 0 Å². The molecule has 4 rings (SSSR count). The second kappa shape index (κ2) is 7.87. The molecule has 0 radical (unpaired) electrons. The van der Waals surface area contributed by atoms with Crippen molar-refractivity contribution in [1.29, 1.82) is 0 Å². The van der Waals surface area contributed by atoms with Gasteiger partial charge in [-0.3, -0.25) is 4.79 Å². The number of rotatable bonds is 3. The monoisotopic (exact) mass is 443 g/mol. The molecule has 1 aromatic carbocycles. The van der Waals surface area contributed by atoms with Gasteiger partial charge < -0.3 is 20.3 Å². The standard InChI is InChI=1S/C21H25F4N3O3/c22-16-9-14(21(23,24)25)1-2-17(16)31-15-3-6-20(7-4-15)11-28(12-20)19(30)27-8-5-13(10-27)18(26)29/h1-2,9,13,15H,3-8,10-12H2,(H2,26,29)/t13-/m0/s1. The fourth-order valence-corrected chi connectivity index (χ4v) is 4.86. The molecule has 1 spiro atoms. The molecule has 10 heteroatoms. The van der Waals surface area contributed by atoms with E-state index in [0.29, 0.717) is 51.5 Å². The number of benzene rings is 1. The number of hydrogen-bond donors (Lipinski definition) is 1. The van der Waals surface area contributed by atoms with Gasteiger partial charge in [0, 0.05) is 31.6 Å². The highest BCUT2D eigenvalue weighted by molar-refractivity contribution is 5.80. The molecule has 0 unspecified atom stereocenters. The highest BCUT2D eigenvalue weighted by atomic mass is 19.4. The zero-order valence-electron chi connectivity index (χ0n) is 17.0. The van der Waals surface area contributed by atoms with Crippen molar-refractivity contribution in [3.8, 4) is 5.75 Å². The summed E-state index contributed by atoms with van der Waals surface area (Å²) in [6.45, 7) is 2.16. The minimum atomic E-state index is -4.60. The predicted octanol–water partition coefficient (Wildman–Crippen LogP) is 3.40. The molecule has 2 aliphatic heterocycles. The van der Waals surface area contributed by atoms with E-state index in [9.17, 15) is 27.2 Å². The number of nitrogens with two attached hydrogens (primary N) is 1. The molecule has 1 aliphatic carbocycles. The largest absolute Gasteiger partial charge is 0.487 e. The number of halogens is 4. The fraction of sp³-hybridized carbons (Fsp3) is 0.619. The molecule has 1 atom stereocenters. The van der Waals surface area contributed by atoms with Gasteiger partial charge >= 0.3 is 12.2 Å². The maximum atomic E-state index is 14.0. The van der Waals surface area contributed by atoms with E-state index in [-0.39, 0.29) is 35.1 Å². The summed E-state index contributed by atoms with van der Waals surface area (Å²) >= 11 is 0. The lowest BCUT2D eigenvalue weighted by Gasteiger charge is -2.53. The minimum absolute atomic E-state index is 0.0109. The number of ether oxygens (including phenoxy) is 1. The van der Waals surface area contributed by atoms with Crippen molar-refractivity contribution in [1.82, 2.24) is 9.80 Å². The first-order valence-electron chi connectivity index (χ1n) is 10.4. The summed E-state index contributed by atoms with van der Waals surface area (Å²) in [6.07, 6.45) is -1.37. The Morgan fingerprint density at radius 2 is 1.77 bits per heavy atom. The average molecular weight is 443 g/mol. The fourth-order valence-electron chi connectivity index (χ4n) is 4.86. The molecule has 1 aromatic rings. The first-order valence-corrected chi connectivity index (χ1v) is 10.4. The second-order valence-electron chi connectivity index (χ2n) is 8.93. The third kappa shape index (κ3) is 4.43. The van der Waals surface area contributed by atoms with Crippen molar-refractivity contribution in [2.75, 3.05) is 26.2 Å². The molecule has 170 valence electrons. The van der Waals surface area contributed by atoms with Crippen molar-refractivity contribution < 1.29 is 31.9 Å². The zero-order valence-corrected chi connectivity index (χ0v) is 17.0. The number of likely N-dealkylation sites (tertiary alicyclic amines) is 2. The summed E-state index contributed by atoms with van der Waals surface area (Å²) in [5, 5.41) is 0. The van der Waals surface area contributed by atoms with E-state index in [4.69, 9.17) is 10.5 Å². The highest BCUT2D eigenvalue weighted by Gasteiger charge is 2.49. The summed E-state index contributed by atoms with van der Waals surface area (Å²) in [5.41, 5.74) is 4.29. The van der Waals surface area contributed by atoms with Crippen LogP contribution < -0.4 is 10.5 Å². The molecule has 0 bridgehead atoms. The summed E-state index contributed by atoms with van der Waals surface area (Å²) < 4.78 is 57.7. The van der Waals surface area contributed by atoms with Crippen LogP contribution in [0.4, 0.5) is 22.4 Å². The van der Waals surface area contributed by atoms with Crippen LogP contribution in [0.25, 0.3) is 0 Å². The molecule has 2 saturated heterocycles. The van der Waals surface area contributed by atoms with Crippen LogP contribution in [0.1, 0.15) is 37.7 Å².